The Morgan fingerprint density at radius 2 is 1.45 bits per heavy atom. The van der Waals surface area contributed by atoms with Gasteiger partial charge in [-0.05, 0) is 31.2 Å². The summed E-state index contributed by atoms with van der Waals surface area (Å²) in [4.78, 5) is 23.2. The van der Waals surface area contributed by atoms with Crippen molar-refractivity contribution in [1.29, 1.82) is 0 Å². The lowest BCUT2D eigenvalue weighted by Crippen LogP contribution is -2.21. The topological polar surface area (TPSA) is 58.2 Å². The second-order valence-electron chi connectivity index (χ2n) is 4.16. The van der Waals surface area contributed by atoms with Crippen molar-refractivity contribution in [2.24, 2.45) is 0 Å². The van der Waals surface area contributed by atoms with Crippen molar-refractivity contribution in [3.8, 4) is 0 Å². The van der Waals surface area contributed by atoms with E-state index in [1.165, 1.54) is 25.1 Å². The number of anilines is 2. The number of hydrogen-bond donors (Lipinski definition) is 2. The molecule has 5 heteroatoms. The van der Waals surface area contributed by atoms with Gasteiger partial charge in [-0.15, -0.1) is 0 Å². The zero-order chi connectivity index (χ0) is 14.5. The van der Waals surface area contributed by atoms with Gasteiger partial charge in [-0.1, -0.05) is 24.3 Å². The maximum Gasteiger partial charge on any atom is 0.323 e. The van der Waals surface area contributed by atoms with E-state index in [1.54, 1.807) is 30.3 Å². The highest BCUT2D eigenvalue weighted by Gasteiger charge is 2.10. The molecule has 0 saturated heterocycles. The number of carbonyl (C=O) groups is 2. The molecule has 0 saturated carbocycles. The smallest absolute Gasteiger partial charge is 0.307 e. The third-order valence-corrected chi connectivity index (χ3v) is 2.68. The Morgan fingerprint density at radius 3 is 2.10 bits per heavy atom. The number of urea groups is 1. The molecule has 0 aliphatic carbocycles. The van der Waals surface area contributed by atoms with E-state index in [-0.39, 0.29) is 11.5 Å². The Labute approximate surface area is 115 Å². The Morgan fingerprint density at radius 1 is 0.900 bits per heavy atom. The van der Waals surface area contributed by atoms with Gasteiger partial charge in [0.25, 0.3) is 0 Å². The molecule has 0 unspecified atom stereocenters. The number of amides is 2. The largest absolute Gasteiger partial charge is 0.323 e. The Hall–Kier alpha value is -2.69. The van der Waals surface area contributed by atoms with Crippen molar-refractivity contribution in [3.05, 3.63) is 59.9 Å². The fraction of sp³-hybridized carbons (Fsp3) is 0.0667. The quantitative estimate of drug-likeness (QED) is 0.837. The SMILES string of the molecule is CC(=O)c1ccccc1NC(=O)Nc1ccccc1F. The van der Waals surface area contributed by atoms with Crippen LogP contribution in [0, 0.1) is 5.82 Å². The minimum Gasteiger partial charge on any atom is -0.307 e. The number of ketones is 1. The van der Waals surface area contributed by atoms with Crippen molar-refractivity contribution < 1.29 is 14.0 Å². The van der Waals surface area contributed by atoms with Gasteiger partial charge in [0, 0.05) is 5.56 Å². The second kappa shape index (κ2) is 5.97. The second-order valence-corrected chi connectivity index (χ2v) is 4.16. The summed E-state index contributed by atoms with van der Waals surface area (Å²) in [5, 5.41) is 4.92. The maximum absolute atomic E-state index is 13.4. The van der Waals surface area contributed by atoms with E-state index in [0.717, 1.165) is 0 Å². The predicted molar refractivity (Wildman–Crippen MR) is 75.5 cm³/mol. The standard InChI is InChI=1S/C15H13FN2O2/c1-10(19)11-6-2-4-8-13(11)17-15(20)18-14-9-5-3-7-12(14)16/h2-9H,1H3,(H2,17,18,20). The first kappa shape index (κ1) is 13.7. The minimum absolute atomic E-state index is 0.0744. The average molecular weight is 272 g/mol. The maximum atomic E-state index is 13.4. The summed E-state index contributed by atoms with van der Waals surface area (Å²) in [6.45, 7) is 1.41. The van der Waals surface area contributed by atoms with E-state index in [2.05, 4.69) is 10.6 Å². The molecule has 0 radical (unpaired) electrons. The molecule has 2 N–H and O–H groups in total. The molecule has 2 amide bonds. The molecular formula is C15H13FN2O2. The van der Waals surface area contributed by atoms with Crippen molar-refractivity contribution >= 4 is 23.2 Å². The van der Waals surface area contributed by atoms with Crippen LogP contribution in [0.3, 0.4) is 0 Å². The van der Waals surface area contributed by atoms with Gasteiger partial charge >= 0.3 is 6.03 Å². The lowest BCUT2D eigenvalue weighted by molar-refractivity contribution is 0.101. The van der Waals surface area contributed by atoms with Crippen LogP contribution in [0.15, 0.2) is 48.5 Å². The highest BCUT2D eigenvalue weighted by Crippen LogP contribution is 2.17. The highest BCUT2D eigenvalue weighted by molar-refractivity contribution is 6.06. The van der Waals surface area contributed by atoms with Gasteiger partial charge in [-0.25, -0.2) is 9.18 Å². The molecule has 0 fully saturated rings. The van der Waals surface area contributed by atoms with E-state index in [0.29, 0.717) is 11.3 Å². The molecule has 2 rings (SSSR count). The lowest BCUT2D eigenvalue weighted by Gasteiger charge is -2.10. The third-order valence-electron chi connectivity index (χ3n) is 2.68. The van der Waals surface area contributed by atoms with Crippen LogP contribution < -0.4 is 10.6 Å². The van der Waals surface area contributed by atoms with Gasteiger partial charge < -0.3 is 10.6 Å². The molecule has 0 aliphatic rings. The average Bonchev–Trinajstić information content (AvgIpc) is 2.41. The Balaban J connectivity index is 2.13. The summed E-state index contributed by atoms with van der Waals surface area (Å²) in [6.07, 6.45) is 0. The first-order chi connectivity index (χ1) is 9.58. The number of carbonyl (C=O) groups excluding carboxylic acids is 2. The summed E-state index contributed by atoms with van der Waals surface area (Å²) in [7, 11) is 0. The van der Waals surface area contributed by atoms with Gasteiger partial charge in [0.1, 0.15) is 5.82 Å². The summed E-state index contributed by atoms with van der Waals surface area (Å²) in [5.41, 5.74) is 0.857. The zero-order valence-electron chi connectivity index (χ0n) is 10.8. The van der Waals surface area contributed by atoms with E-state index in [9.17, 15) is 14.0 Å². The van der Waals surface area contributed by atoms with Crippen molar-refractivity contribution in [2.45, 2.75) is 6.92 Å². The molecular weight excluding hydrogens is 259 g/mol. The molecule has 102 valence electrons. The van der Waals surface area contributed by atoms with Crippen LogP contribution in [-0.2, 0) is 0 Å². The predicted octanol–water partition coefficient (Wildman–Crippen LogP) is 3.67. The van der Waals surface area contributed by atoms with Crippen LogP contribution in [-0.4, -0.2) is 11.8 Å². The molecule has 0 spiro atoms. The summed E-state index contributed by atoms with van der Waals surface area (Å²) >= 11 is 0. The lowest BCUT2D eigenvalue weighted by atomic mass is 10.1. The molecule has 0 bridgehead atoms. The fourth-order valence-corrected chi connectivity index (χ4v) is 1.74. The normalized spacial score (nSPS) is 9.90. The van der Waals surface area contributed by atoms with Gasteiger partial charge in [0.2, 0.25) is 0 Å². The molecule has 0 atom stereocenters. The van der Waals surface area contributed by atoms with E-state index in [1.807, 2.05) is 0 Å². The summed E-state index contributed by atoms with van der Waals surface area (Å²) < 4.78 is 13.4. The first-order valence-corrected chi connectivity index (χ1v) is 6.00. The van der Waals surface area contributed by atoms with Crippen molar-refractivity contribution in [1.82, 2.24) is 0 Å². The number of rotatable bonds is 3. The molecule has 20 heavy (non-hydrogen) atoms. The van der Waals surface area contributed by atoms with Crippen molar-refractivity contribution in [3.63, 3.8) is 0 Å². The molecule has 2 aromatic rings. The van der Waals surface area contributed by atoms with Crippen LogP contribution in [0.25, 0.3) is 0 Å². The number of hydrogen-bond acceptors (Lipinski definition) is 2. The van der Waals surface area contributed by atoms with Crippen LogP contribution in [0.4, 0.5) is 20.6 Å². The van der Waals surface area contributed by atoms with Crippen molar-refractivity contribution in [2.75, 3.05) is 10.6 Å². The van der Waals surface area contributed by atoms with Gasteiger partial charge in [0.05, 0.1) is 11.4 Å². The molecule has 0 aliphatic heterocycles. The molecule has 2 aromatic carbocycles. The summed E-state index contributed by atoms with van der Waals surface area (Å²) in [6, 6.07) is 11.9. The van der Waals surface area contributed by atoms with Gasteiger partial charge in [-0.2, -0.15) is 0 Å². The van der Waals surface area contributed by atoms with Gasteiger partial charge in [-0.3, -0.25) is 4.79 Å². The van der Waals surface area contributed by atoms with Crippen LogP contribution in [0.2, 0.25) is 0 Å². The third kappa shape index (κ3) is 3.20. The number of nitrogens with one attached hydrogen (secondary N) is 2. The first-order valence-electron chi connectivity index (χ1n) is 6.00. The van der Waals surface area contributed by atoms with Gasteiger partial charge in [0.15, 0.2) is 5.78 Å². The van der Waals surface area contributed by atoms with E-state index in [4.69, 9.17) is 0 Å². The number of benzene rings is 2. The number of Topliss-reactive ketones (excluding diaryl/α,β-unsaturated/α-hetero) is 1. The van der Waals surface area contributed by atoms with Crippen LogP contribution >= 0.6 is 0 Å². The fourth-order valence-electron chi connectivity index (χ4n) is 1.74. The molecule has 0 heterocycles. The van der Waals surface area contributed by atoms with E-state index >= 15 is 0 Å². The Kier molecular flexibility index (Phi) is 4.10. The monoisotopic (exact) mass is 272 g/mol. The minimum atomic E-state index is -0.608. The number of para-hydroxylation sites is 2. The zero-order valence-corrected chi connectivity index (χ0v) is 10.8. The molecule has 0 aromatic heterocycles. The Bertz CT molecular complexity index is 656. The summed E-state index contributed by atoms with van der Waals surface area (Å²) in [5.74, 6) is -0.686. The van der Waals surface area contributed by atoms with E-state index < -0.39 is 11.8 Å². The van der Waals surface area contributed by atoms with Crippen LogP contribution in [0.1, 0.15) is 17.3 Å². The van der Waals surface area contributed by atoms with Crippen LogP contribution in [0.5, 0.6) is 0 Å². The number of halogens is 1. The highest BCUT2D eigenvalue weighted by atomic mass is 19.1. The molecule has 4 nitrogen and oxygen atoms in total.